The van der Waals surface area contributed by atoms with Gasteiger partial charge in [-0.05, 0) is 12.8 Å². The summed E-state index contributed by atoms with van der Waals surface area (Å²) in [4.78, 5) is 0. The van der Waals surface area contributed by atoms with E-state index < -0.39 is 0 Å². The Hall–Kier alpha value is -0.940. The average molecular weight is 196 g/mol. The van der Waals surface area contributed by atoms with Crippen LogP contribution in [-0.4, -0.2) is 32.5 Å². The van der Waals surface area contributed by atoms with E-state index in [1.807, 2.05) is 0 Å². The average Bonchev–Trinajstić information content (AvgIpc) is 2.74. The van der Waals surface area contributed by atoms with Gasteiger partial charge in [0.2, 0.25) is 0 Å². The lowest BCUT2D eigenvalue weighted by molar-refractivity contribution is 0.192. The van der Waals surface area contributed by atoms with E-state index in [2.05, 4.69) is 27.0 Å². The summed E-state index contributed by atoms with van der Waals surface area (Å²) in [7, 11) is 0. The maximum atomic E-state index is 9.40. The standard InChI is InChI=1S/C9H16N4O/c1-2-3-13-6-11-12-9(13)8-4-7(14)5-10-8/h6-8,10,14H,2-5H2,1H3. The molecule has 0 radical (unpaired) electrons. The van der Waals surface area contributed by atoms with Crippen LogP contribution in [0.15, 0.2) is 6.33 Å². The van der Waals surface area contributed by atoms with Crippen molar-refractivity contribution < 1.29 is 5.11 Å². The van der Waals surface area contributed by atoms with Crippen LogP contribution in [0.1, 0.15) is 31.6 Å². The second-order valence-corrected chi connectivity index (χ2v) is 3.73. The Morgan fingerprint density at radius 1 is 1.71 bits per heavy atom. The Labute approximate surface area is 83.2 Å². The summed E-state index contributed by atoms with van der Waals surface area (Å²) >= 11 is 0. The summed E-state index contributed by atoms with van der Waals surface area (Å²) in [5.41, 5.74) is 0. The van der Waals surface area contributed by atoms with Gasteiger partial charge in [0.15, 0.2) is 0 Å². The number of aliphatic hydroxyl groups excluding tert-OH is 1. The second-order valence-electron chi connectivity index (χ2n) is 3.73. The first-order valence-corrected chi connectivity index (χ1v) is 5.10. The van der Waals surface area contributed by atoms with Crippen molar-refractivity contribution >= 4 is 0 Å². The summed E-state index contributed by atoms with van der Waals surface area (Å²) in [5.74, 6) is 0.948. The van der Waals surface area contributed by atoms with Gasteiger partial charge in [-0.1, -0.05) is 6.92 Å². The Bertz CT molecular complexity index is 299. The Morgan fingerprint density at radius 2 is 2.57 bits per heavy atom. The third kappa shape index (κ3) is 1.78. The largest absolute Gasteiger partial charge is 0.392 e. The quantitative estimate of drug-likeness (QED) is 0.719. The van der Waals surface area contributed by atoms with Gasteiger partial charge in [0.25, 0.3) is 0 Å². The topological polar surface area (TPSA) is 63.0 Å². The molecule has 2 atom stereocenters. The molecule has 5 heteroatoms. The number of hydrogen-bond donors (Lipinski definition) is 2. The fourth-order valence-corrected chi connectivity index (χ4v) is 1.86. The molecule has 2 unspecified atom stereocenters. The van der Waals surface area contributed by atoms with Crippen molar-refractivity contribution in [3.05, 3.63) is 12.2 Å². The van der Waals surface area contributed by atoms with Crippen molar-refractivity contribution in [2.75, 3.05) is 6.54 Å². The van der Waals surface area contributed by atoms with Crippen molar-refractivity contribution in [3.63, 3.8) is 0 Å². The highest BCUT2D eigenvalue weighted by atomic mass is 16.3. The maximum Gasteiger partial charge on any atom is 0.150 e. The molecule has 0 aromatic carbocycles. The van der Waals surface area contributed by atoms with Crippen molar-refractivity contribution in [2.45, 2.75) is 38.5 Å². The molecule has 0 aliphatic carbocycles. The summed E-state index contributed by atoms with van der Waals surface area (Å²) in [6.45, 7) is 3.72. The lowest BCUT2D eigenvalue weighted by atomic mass is 10.2. The zero-order valence-electron chi connectivity index (χ0n) is 8.35. The van der Waals surface area contributed by atoms with Gasteiger partial charge in [0.1, 0.15) is 12.2 Å². The van der Waals surface area contributed by atoms with Gasteiger partial charge in [-0.2, -0.15) is 0 Å². The van der Waals surface area contributed by atoms with Gasteiger partial charge in [0, 0.05) is 13.1 Å². The monoisotopic (exact) mass is 196 g/mol. The Morgan fingerprint density at radius 3 is 3.21 bits per heavy atom. The molecule has 0 saturated carbocycles. The molecule has 14 heavy (non-hydrogen) atoms. The van der Waals surface area contributed by atoms with Gasteiger partial charge < -0.3 is 15.0 Å². The van der Waals surface area contributed by atoms with E-state index in [1.165, 1.54) is 0 Å². The molecule has 0 bridgehead atoms. The van der Waals surface area contributed by atoms with Crippen LogP contribution in [0.4, 0.5) is 0 Å². The van der Waals surface area contributed by atoms with Crippen LogP contribution >= 0.6 is 0 Å². The van der Waals surface area contributed by atoms with Crippen molar-refractivity contribution in [1.82, 2.24) is 20.1 Å². The second kappa shape index (κ2) is 4.06. The minimum atomic E-state index is -0.244. The van der Waals surface area contributed by atoms with Gasteiger partial charge in [-0.3, -0.25) is 0 Å². The highest BCUT2D eigenvalue weighted by Crippen LogP contribution is 2.21. The molecule has 1 aromatic heterocycles. The molecular weight excluding hydrogens is 180 g/mol. The number of nitrogens with one attached hydrogen (secondary N) is 1. The normalized spacial score (nSPS) is 27.0. The highest BCUT2D eigenvalue weighted by Gasteiger charge is 2.26. The summed E-state index contributed by atoms with van der Waals surface area (Å²) in [5, 5.41) is 20.6. The molecule has 1 aliphatic rings. The minimum absolute atomic E-state index is 0.166. The molecule has 0 amide bonds. The third-order valence-corrected chi connectivity index (χ3v) is 2.53. The first-order valence-electron chi connectivity index (χ1n) is 5.10. The van der Waals surface area contributed by atoms with E-state index in [9.17, 15) is 5.11 Å². The SMILES string of the molecule is CCCn1cnnc1C1CC(O)CN1. The van der Waals surface area contributed by atoms with Crippen LogP contribution in [0.25, 0.3) is 0 Å². The predicted molar refractivity (Wildman–Crippen MR) is 51.7 cm³/mol. The smallest absolute Gasteiger partial charge is 0.150 e. The fourth-order valence-electron chi connectivity index (χ4n) is 1.86. The molecule has 0 spiro atoms. The van der Waals surface area contributed by atoms with Crippen LogP contribution in [-0.2, 0) is 6.54 Å². The number of nitrogens with zero attached hydrogens (tertiary/aromatic N) is 3. The van der Waals surface area contributed by atoms with Crippen LogP contribution in [0.2, 0.25) is 0 Å². The first kappa shape index (κ1) is 9.61. The molecule has 1 saturated heterocycles. The maximum absolute atomic E-state index is 9.40. The molecule has 1 aromatic rings. The van der Waals surface area contributed by atoms with Crippen molar-refractivity contribution in [2.24, 2.45) is 0 Å². The number of β-amino-alcohol motifs (C(OH)–C–C–N with tert-alkyl or cyclic N) is 1. The van der Waals surface area contributed by atoms with Crippen LogP contribution < -0.4 is 5.32 Å². The van der Waals surface area contributed by atoms with E-state index in [-0.39, 0.29) is 12.1 Å². The Kier molecular flexibility index (Phi) is 2.79. The predicted octanol–water partition coefficient (Wildman–Crippen LogP) is 0.0834. The number of aryl methyl sites for hydroxylation is 1. The van der Waals surface area contributed by atoms with E-state index in [1.54, 1.807) is 6.33 Å². The molecule has 2 heterocycles. The summed E-state index contributed by atoms with van der Waals surface area (Å²) in [6, 6.07) is 0.166. The molecule has 1 fully saturated rings. The van der Waals surface area contributed by atoms with E-state index in [0.717, 1.165) is 25.2 Å². The van der Waals surface area contributed by atoms with Gasteiger partial charge in [-0.15, -0.1) is 10.2 Å². The number of aliphatic hydroxyl groups is 1. The molecule has 5 nitrogen and oxygen atoms in total. The zero-order chi connectivity index (χ0) is 9.97. The number of hydrogen-bond acceptors (Lipinski definition) is 4. The van der Waals surface area contributed by atoms with Crippen molar-refractivity contribution in [1.29, 1.82) is 0 Å². The third-order valence-electron chi connectivity index (χ3n) is 2.53. The van der Waals surface area contributed by atoms with Crippen LogP contribution in [0, 0.1) is 0 Å². The van der Waals surface area contributed by atoms with Crippen LogP contribution in [0.3, 0.4) is 0 Å². The molecular formula is C9H16N4O. The minimum Gasteiger partial charge on any atom is -0.392 e. The van der Waals surface area contributed by atoms with Gasteiger partial charge >= 0.3 is 0 Å². The highest BCUT2D eigenvalue weighted by molar-refractivity contribution is 4.99. The lowest BCUT2D eigenvalue weighted by Gasteiger charge is -2.10. The summed E-state index contributed by atoms with van der Waals surface area (Å²) in [6.07, 6.45) is 3.32. The van der Waals surface area contributed by atoms with Crippen LogP contribution in [0.5, 0.6) is 0 Å². The zero-order valence-corrected chi connectivity index (χ0v) is 8.35. The Balaban J connectivity index is 2.11. The van der Waals surface area contributed by atoms with E-state index in [0.29, 0.717) is 6.54 Å². The van der Waals surface area contributed by atoms with Crippen molar-refractivity contribution in [3.8, 4) is 0 Å². The molecule has 78 valence electrons. The lowest BCUT2D eigenvalue weighted by Crippen LogP contribution is -2.18. The van der Waals surface area contributed by atoms with Gasteiger partial charge in [-0.25, -0.2) is 0 Å². The molecule has 1 aliphatic heterocycles. The fraction of sp³-hybridized carbons (Fsp3) is 0.778. The van der Waals surface area contributed by atoms with E-state index in [4.69, 9.17) is 0 Å². The van der Waals surface area contributed by atoms with Gasteiger partial charge in [0.05, 0.1) is 12.1 Å². The number of rotatable bonds is 3. The van der Waals surface area contributed by atoms with E-state index >= 15 is 0 Å². The molecule has 2 N–H and O–H groups in total. The molecule has 2 rings (SSSR count). The summed E-state index contributed by atoms with van der Waals surface area (Å²) < 4.78 is 2.05. The first-order chi connectivity index (χ1) is 6.81. The number of aromatic nitrogens is 3.